The molecule has 1 aliphatic rings. The standard InChI is InChI=1S/C34H34N4O.Pt/c1-33(2,3)25-16-17-35-32(18-25)37-22-34(4,5)21-24-14-15-28(20-31(24)37)39-27-11-9-10-26(19-27)38-23-36(6)29-12-7-8-13-30(29)38;/h7-18H,21-22H2,1-6H3;/q-2;/i6D3;. The summed E-state index contributed by atoms with van der Waals surface area (Å²) < 4.78 is 34.5. The first-order valence-electron chi connectivity index (χ1n) is 14.9. The van der Waals surface area contributed by atoms with Gasteiger partial charge in [0.2, 0.25) is 0 Å². The quantitative estimate of drug-likeness (QED) is 0.178. The number of imidazole rings is 1. The molecule has 0 saturated heterocycles. The molecule has 0 spiro atoms. The van der Waals surface area contributed by atoms with Crippen LogP contribution in [0, 0.1) is 21.4 Å². The van der Waals surface area contributed by atoms with E-state index in [1.54, 1.807) is 0 Å². The van der Waals surface area contributed by atoms with E-state index in [1.165, 1.54) is 15.7 Å². The van der Waals surface area contributed by atoms with Crippen LogP contribution in [0.25, 0.3) is 16.7 Å². The first-order valence-corrected chi connectivity index (χ1v) is 14.5. The van der Waals surface area contributed by atoms with Gasteiger partial charge in [0.1, 0.15) is 0 Å². The zero-order valence-corrected chi connectivity index (χ0v) is 25.6. The van der Waals surface area contributed by atoms with Crippen molar-refractivity contribution in [2.75, 3.05) is 11.4 Å². The molecule has 0 bridgehead atoms. The Kier molecular flexibility index (Phi) is 5.76. The van der Waals surface area contributed by atoms with Gasteiger partial charge in [-0.25, -0.2) is 0 Å². The molecule has 0 unspecified atom stereocenters. The summed E-state index contributed by atoms with van der Waals surface area (Å²) in [7, 11) is 0. The number of fused-ring (bicyclic) bond motifs is 2. The third kappa shape index (κ3) is 4.97. The molecule has 0 amide bonds. The molecule has 3 heterocycles. The Morgan fingerprint density at radius 2 is 1.75 bits per heavy atom. The van der Waals surface area contributed by atoms with E-state index >= 15 is 0 Å². The van der Waals surface area contributed by atoms with Gasteiger partial charge in [0, 0.05) is 6.20 Å². The van der Waals surface area contributed by atoms with Gasteiger partial charge in [-0.1, -0.05) is 34.6 Å². The summed E-state index contributed by atoms with van der Waals surface area (Å²) in [5, 5.41) is 0. The van der Waals surface area contributed by atoms with Gasteiger partial charge in [-0.15, -0.1) is 0 Å². The Labute approximate surface area is 251 Å². The van der Waals surface area contributed by atoms with E-state index in [-0.39, 0.29) is 10.8 Å². The summed E-state index contributed by atoms with van der Waals surface area (Å²) in [5.74, 6) is 1.99. The molecule has 0 aliphatic carbocycles. The summed E-state index contributed by atoms with van der Waals surface area (Å²) in [6.45, 7) is 9.68. The van der Waals surface area contributed by atoms with Crippen molar-refractivity contribution >= 4 is 22.5 Å². The molecule has 0 atom stereocenters. The fourth-order valence-electron chi connectivity index (χ4n) is 5.34. The molecule has 0 fully saturated rings. The van der Waals surface area contributed by atoms with E-state index in [2.05, 4.69) is 89.2 Å². The number of nitrogens with zero attached hydrogens (tertiary/aromatic N) is 4. The van der Waals surface area contributed by atoms with Crippen molar-refractivity contribution in [1.29, 1.82) is 0 Å². The zero-order chi connectivity index (χ0) is 30.7. The Bertz CT molecular complexity index is 1900. The van der Waals surface area contributed by atoms with Crippen LogP contribution in [0.1, 0.15) is 49.9 Å². The average molecular weight is 713 g/mol. The summed E-state index contributed by atoms with van der Waals surface area (Å²) >= 11 is 2.07. The van der Waals surface area contributed by atoms with Gasteiger partial charge in [0.25, 0.3) is 0 Å². The molecule has 0 radical (unpaired) electrons. The van der Waals surface area contributed by atoms with Gasteiger partial charge in [-0.05, 0) is 17.0 Å². The number of ether oxygens (including phenoxy) is 1. The van der Waals surface area contributed by atoms with Crippen molar-refractivity contribution in [1.82, 2.24) is 14.1 Å². The molecule has 6 heteroatoms. The minimum atomic E-state index is -2.32. The normalized spacial score (nSPS) is 16.3. The summed E-state index contributed by atoms with van der Waals surface area (Å²) in [6.07, 6.45) is 2.82. The molecule has 0 saturated carbocycles. The molecule has 208 valence electrons. The first-order chi connectivity index (χ1) is 20.2. The van der Waals surface area contributed by atoms with E-state index in [0.717, 1.165) is 30.0 Å². The summed E-state index contributed by atoms with van der Waals surface area (Å²) in [5.41, 5.74) is 5.56. The Balaban J connectivity index is 1.38. The van der Waals surface area contributed by atoms with Crippen LogP contribution >= 0.6 is 0 Å². The molecule has 1 aliphatic heterocycles. The predicted molar refractivity (Wildman–Crippen MR) is 157 cm³/mol. The van der Waals surface area contributed by atoms with Crippen molar-refractivity contribution in [2.24, 2.45) is 12.4 Å². The van der Waals surface area contributed by atoms with Crippen LogP contribution in [-0.4, -0.2) is 20.7 Å². The van der Waals surface area contributed by atoms with E-state index in [9.17, 15) is 0 Å². The van der Waals surface area contributed by atoms with Gasteiger partial charge in [0.05, 0.1) is 0 Å². The van der Waals surface area contributed by atoms with Crippen LogP contribution in [0.3, 0.4) is 0 Å². The third-order valence-corrected chi connectivity index (χ3v) is 8.33. The number of benzene rings is 3. The molecular weight excluding hydrogens is 675 g/mol. The Morgan fingerprint density at radius 1 is 0.975 bits per heavy atom. The number of para-hydroxylation sites is 2. The van der Waals surface area contributed by atoms with Crippen molar-refractivity contribution in [3.05, 3.63) is 100.0 Å². The number of pyridine rings is 1. The maximum absolute atomic E-state index is 8.11. The second-order valence-corrected chi connectivity index (χ2v) is 13.2. The van der Waals surface area contributed by atoms with Gasteiger partial charge in [-0.3, -0.25) is 0 Å². The van der Waals surface area contributed by atoms with Crippen LogP contribution in [0.15, 0.2) is 72.9 Å². The number of aryl methyl sites for hydroxylation is 1. The van der Waals surface area contributed by atoms with Crippen molar-refractivity contribution in [2.45, 2.75) is 46.5 Å². The Hall–Kier alpha value is -3.43. The zero-order valence-electron chi connectivity index (χ0n) is 26.4. The van der Waals surface area contributed by atoms with E-state index < -0.39 is 6.98 Å². The average Bonchev–Trinajstić information content (AvgIpc) is 3.24. The molecule has 5 aromatic rings. The van der Waals surface area contributed by atoms with Crippen LogP contribution in [0.4, 0.5) is 11.5 Å². The topological polar surface area (TPSA) is 35.2 Å². The van der Waals surface area contributed by atoms with E-state index in [4.69, 9.17) is 13.8 Å². The van der Waals surface area contributed by atoms with E-state index in [1.807, 2.05) is 59.3 Å². The number of hydrogen-bond acceptors (Lipinski definition) is 3. The first kappa shape index (κ1) is 23.3. The maximum atomic E-state index is 8.11. The van der Waals surface area contributed by atoms with Gasteiger partial charge in [0.15, 0.2) is 0 Å². The van der Waals surface area contributed by atoms with Crippen molar-refractivity contribution < 1.29 is 28.2 Å². The monoisotopic (exact) mass is 712 g/mol. The molecule has 3 aromatic carbocycles. The van der Waals surface area contributed by atoms with Gasteiger partial charge in [-0.2, -0.15) is 0 Å². The van der Waals surface area contributed by atoms with Crippen LogP contribution in [0.2, 0.25) is 0 Å². The molecular formula is C34H34N4OPt-2. The molecule has 2 aromatic heterocycles. The third-order valence-electron chi connectivity index (χ3n) is 7.31. The van der Waals surface area contributed by atoms with Crippen LogP contribution in [-0.2, 0) is 38.2 Å². The second kappa shape index (κ2) is 9.89. The fourth-order valence-corrected chi connectivity index (χ4v) is 6.16. The summed E-state index contributed by atoms with van der Waals surface area (Å²) in [4.78, 5) is 7.02. The van der Waals surface area contributed by atoms with Gasteiger partial charge < -0.3 is 0 Å². The summed E-state index contributed by atoms with van der Waals surface area (Å²) in [6, 6.07) is 28.4. The van der Waals surface area contributed by atoms with Crippen molar-refractivity contribution in [3.8, 4) is 17.2 Å². The van der Waals surface area contributed by atoms with Crippen LogP contribution < -0.4 is 9.64 Å². The van der Waals surface area contributed by atoms with E-state index in [0.29, 0.717) is 26.5 Å². The molecule has 6 rings (SSSR count). The Morgan fingerprint density at radius 3 is 2.52 bits per heavy atom. The minimum absolute atomic E-state index is 0.00696. The number of aromatic nitrogens is 3. The molecule has 40 heavy (non-hydrogen) atoms. The number of anilines is 2. The van der Waals surface area contributed by atoms with Gasteiger partial charge >= 0.3 is 194 Å². The predicted octanol–water partition coefficient (Wildman–Crippen LogP) is 7.85. The van der Waals surface area contributed by atoms with Crippen molar-refractivity contribution in [3.63, 3.8) is 0 Å². The van der Waals surface area contributed by atoms with Crippen LogP contribution in [0.5, 0.6) is 11.5 Å². The SMILES string of the molecule is [2H]C([2H])([2H])n1[c](=[Pt])n(-c2[c-]c(Oc3[c-]c4c(cc3)CC(C)(C)CN4c3cc(C(C)(C)C)ccn3)ccc2)c2ccccc21. The molecule has 0 N–H and O–H groups in total. The number of rotatable bonds is 4. The number of hydrogen-bond donors (Lipinski definition) is 0. The fraction of sp³-hybridized carbons (Fsp3) is 0.294. The second-order valence-electron chi connectivity index (χ2n) is 12.2. The molecule has 5 nitrogen and oxygen atoms in total.